The summed E-state index contributed by atoms with van der Waals surface area (Å²) >= 11 is 0. The van der Waals surface area contributed by atoms with Gasteiger partial charge in [-0.2, -0.15) is 0 Å². The molecule has 0 aliphatic rings. The van der Waals surface area contributed by atoms with E-state index in [1.807, 2.05) is 6.92 Å². The van der Waals surface area contributed by atoms with Crippen molar-refractivity contribution in [2.75, 3.05) is 11.6 Å². The fourth-order valence-electron chi connectivity index (χ4n) is 2.57. The number of aryl methyl sites for hydroxylation is 1. The van der Waals surface area contributed by atoms with E-state index in [9.17, 15) is 17.2 Å². The predicted molar refractivity (Wildman–Crippen MR) is 98.1 cm³/mol. The third-order valence-electron chi connectivity index (χ3n) is 3.95. The highest BCUT2D eigenvalue weighted by atomic mass is 32.2. The van der Waals surface area contributed by atoms with Crippen molar-refractivity contribution in [2.45, 2.75) is 17.9 Å². The zero-order valence-corrected chi connectivity index (χ0v) is 15.5. The zero-order chi connectivity index (χ0) is 19.6. The van der Waals surface area contributed by atoms with Crippen LogP contribution in [0.4, 0.5) is 14.7 Å². The first kappa shape index (κ1) is 18.9. The Hall–Kier alpha value is -2.87. The maximum Gasteiger partial charge on any atom is 0.223 e. The van der Waals surface area contributed by atoms with Crippen LogP contribution in [0.1, 0.15) is 22.7 Å². The van der Waals surface area contributed by atoms with Crippen LogP contribution in [-0.4, -0.2) is 24.6 Å². The summed E-state index contributed by atoms with van der Waals surface area (Å²) in [5.41, 5.74) is 1.82. The SMILES string of the molecule is Cc1cnc(NC(c2cccc(S(C)(=O)=O)c2)c2ccc(F)c(F)c2)nc1. The molecular weight excluding hydrogens is 372 g/mol. The lowest BCUT2D eigenvalue weighted by molar-refractivity contribution is 0.506. The van der Waals surface area contributed by atoms with E-state index in [1.54, 1.807) is 24.5 Å². The van der Waals surface area contributed by atoms with Gasteiger partial charge in [-0.3, -0.25) is 0 Å². The van der Waals surface area contributed by atoms with Gasteiger partial charge in [0.2, 0.25) is 5.95 Å². The molecule has 8 heteroatoms. The summed E-state index contributed by atoms with van der Waals surface area (Å²) < 4.78 is 50.9. The number of nitrogens with one attached hydrogen (secondary N) is 1. The van der Waals surface area contributed by atoms with Crippen LogP contribution in [0.2, 0.25) is 0 Å². The number of hydrogen-bond acceptors (Lipinski definition) is 5. The Morgan fingerprint density at radius 1 is 0.963 bits per heavy atom. The van der Waals surface area contributed by atoms with E-state index < -0.39 is 27.5 Å². The fourth-order valence-corrected chi connectivity index (χ4v) is 3.25. The molecule has 0 spiro atoms. The molecule has 3 rings (SSSR count). The summed E-state index contributed by atoms with van der Waals surface area (Å²) in [6.45, 7) is 1.84. The molecule has 0 saturated carbocycles. The number of sulfone groups is 1. The number of rotatable bonds is 5. The van der Waals surface area contributed by atoms with E-state index in [-0.39, 0.29) is 10.8 Å². The first-order chi connectivity index (χ1) is 12.7. The minimum absolute atomic E-state index is 0.124. The van der Waals surface area contributed by atoms with E-state index >= 15 is 0 Å². The molecule has 0 aliphatic heterocycles. The maximum absolute atomic E-state index is 13.8. The molecule has 1 heterocycles. The minimum atomic E-state index is -3.43. The molecule has 2 aromatic carbocycles. The van der Waals surface area contributed by atoms with Crippen LogP contribution in [0.25, 0.3) is 0 Å². The number of anilines is 1. The van der Waals surface area contributed by atoms with Crippen molar-refractivity contribution in [1.82, 2.24) is 9.97 Å². The second-order valence-corrected chi connectivity index (χ2v) is 8.20. The normalized spacial score (nSPS) is 12.6. The Morgan fingerprint density at radius 3 is 2.26 bits per heavy atom. The van der Waals surface area contributed by atoms with Gasteiger partial charge in [0, 0.05) is 18.6 Å². The van der Waals surface area contributed by atoms with Gasteiger partial charge < -0.3 is 5.32 Å². The summed E-state index contributed by atoms with van der Waals surface area (Å²) in [7, 11) is -3.43. The average molecular weight is 389 g/mol. The molecule has 0 fully saturated rings. The molecule has 5 nitrogen and oxygen atoms in total. The van der Waals surface area contributed by atoms with Gasteiger partial charge in [-0.15, -0.1) is 0 Å². The largest absolute Gasteiger partial charge is 0.343 e. The molecule has 27 heavy (non-hydrogen) atoms. The highest BCUT2D eigenvalue weighted by Gasteiger charge is 2.19. The van der Waals surface area contributed by atoms with Crippen LogP contribution in [0.3, 0.4) is 0 Å². The van der Waals surface area contributed by atoms with Gasteiger partial charge in [-0.1, -0.05) is 18.2 Å². The lowest BCUT2D eigenvalue weighted by Crippen LogP contribution is -2.15. The molecule has 0 bridgehead atoms. The van der Waals surface area contributed by atoms with Crippen LogP contribution in [0.5, 0.6) is 0 Å². The lowest BCUT2D eigenvalue weighted by atomic mass is 9.98. The summed E-state index contributed by atoms with van der Waals surface area (Å²) in [6, 6.07) is 9.09. The van der Waals surface area contributed by atoms with Crippen molar-refractivity contribution >= 4 is 15.8 Å². The lowest BCUT2D eigenvalue weighted by Gasteiger charge is -2.20. The predicted octanol–water partition coefficient (Wildman–Crippen LogP) is 3.67. The Bertz CT molecular complexity index is 1070. The molecule has 1 aromatic heterocycles. The van der Waals surface area contributed by atoms with Gasteiger partial charge in [0.05, 0.1) is 10.9 Å². The van der Waals surface area contributed by atoms with E-state index in [4.69, 9.17) is 0 Å². The van der Waals surface area contributed by atoms with Crippen LogP contribution in [0, 0.1) is 18.6 Å². The monoisotopic (exact) mass is 389 g/mol. The van der Waals surface area contributed by atoms with Crippen molar-refractivity contribution in [3.8, 4) is 0 Å². The first-order valence-corrected chi connectivity index (χ1v) is 9.93. The molecule has 0 amide bonds. The summed E-state index contributed by atoms with van der Waals surface area (Å²) in [6.07, 6.45) is 4.34. The van der Waals surface area contributed by atoms with E-state index in [1.165, 1.54) is 18.2 Å². The number of hydrogen-bond donors (Lipinski definition) is 1. The van der Waals surface area contributed by atoms with Gasteiger partial charge in [0.1, 0.15) is 0 Å². The minimum Gasteiger partial charge on any atom is -0.343 e. The molecule has 140 valence electrons. The van der Waals surface area contributed by atoms with Crippen LogP contribution < -0.4 is 5.32 Å². The molecule has 3 aromatic rings. The van der Waals surface area contributed by atoms with Crippen molar-refractivity contribution in [3.05, 3.63) is 83.2 Å². The zero-order valence-electron chi connectivity index (χ0n) is 14.6. The molecule has 0 aliphatic carbocycles. The Balaban J connectivity index is 2.09. The Labute approximate surface area is 156 Å². The van der Waals surface area contributed by atoms with Crippen LogP contribution in [0.15, 0.2) is 59.8 Å². The van der Waals surface area contributed by atoms with Crippen LogP contribution in [-0.2, 0) is 9.84 Å². The van der Waals surface area contributed by atoms with E-state index in [0.717, 1.165) is 24.0 Å². The van der Waals surface area contributed by atoms with Crippen molar-refractivity contribution in [1.29, 1.82) is 0 Å². The number of benzene rings is 2. The van der Waals surface area contributed by atoms with Gasteiger partial charge in [-0.05, 0) is 47.9 Å². The number of aromatic nitrogens is 2. The molecule has 0 radical (unpaired) electrons. The molecule has 0 saturated heterocycles. The number of halogens is 2. The van der Waals surface area contributed by atoms with Crippen molar-refractivity contribution in [3.63, 3.8) is 0 Å². The van der Waals surface area contributed by atoms with Crippen molar-refractivity contribution < 1.29 is 17.2 Å². The average Bonchev–Trinajstić information content (AvgIpc) is 2.63. The van der Waals surface area contributed by atoms with E-state index in [0.29, 0.717) is 11.1 Å². The summed E-state index contributed by atoms with van der Waals surface area (Å²) in [5.74, 6) is -1.68. The standard InChI is InChI=1S/C19H17F2N3O2S/c1-12-10-22-19(23-11-12)24-18(14-6-7-16(20)17(21)9-14)13-4-3-5-15(8-13)27(2,25)26/h3-11,18H,1-2H3,(H,22,23,24). The van der Waals surface area contributed by atoms with E-state index in [2.05, 4.69) is 15.3 Å². The van der Waals surface area contributed by atoms with Gasteiger partial charge in [0.15, 0.2) is 21.5 Å². The fraction of sp³-hybridized carbons (Fsp3) is 0.158. The van der Waals surface area contributed by atoms with Gasteiger partial charge in [-0.25, -0.2) is 27.2 Å². The summed E-state index contributed by atoms with van der Waals surface area (Å²) in [4.78, 5) is 8.47. The van der Waals surface area contributed by atoms with Crippen LogP contribution >= 0.6 is 0 Å². The molecule has 1 unspecified atom stereocenters. The third kappa shape index (κ3) is 4.46. The highest BCUT2D eigenvalue weighted by molar-refractivity contribution is 7.90. The quantitative estimate of drug-likeness (QED) is 0.721. The molecule has 1 N–H and O–H groups in total. The molecular formula is C19H17F2N3O2S. The molecule has 1 atom stereocenters. The van der Waals surface area contributed by atoms with Gasteiger partial charge >= 0.3 is 0 Å². The smallest absolute Gasteiger partial charge is 0.223 e. The Kier molecular flexibility index (Phi) is 5.18. The number of nitrogens with zero attached hydrogens (tertiary/aromatic N) is 2. The third-order valence-corrected chi connectivity index (χ3v) is 5.06. The summed E-state index contributed by atoms with van der Waals surface area (Å²) in [5, 5.41) is 3.06. The second kappa shape index (κ2) is 7.40. The first-order valence-electron chi connectivity index (χ1n) is 8.04. The highest BCUT2D eigenvalue weighted by Crippen LogP contribution is 2.28. The Morgan fingerprint density at radius 2 is 1.63 bits per heavy atom. The maximum atomic E-state index is 13.8. The van der Waals surface area contributed by atoms with Crippen molar-refractivity contribution in [2.24, 2.45) is 0 Å². The van der Waals surface area contributed by atoms with Gasteiger partial charge in [0.25, 0.3) is 0 Å². The topological polar surface area (TPSA) is 72.0 Å². The second-order valence-electron chi connectivity index (χ2n) is 6.18.